The van der Waals surface area contributed by atoms with E-state index in [0.29, 0.717) is 0 Å². The van der Waals surface area contributed by atoms with E-state index >= 15 is 0 Å². The number of hydrogen-bond donors (Lipinski definition) is 0. The fourth-order valence-electron chi connectivity index (χ4n) is 10.2. The Labute approximate surface area is 425 Å². The zero-order valence-corrected chi connectivity index (χ0v) is 43.2. The first-order valence-corrected chi connectivity index (χ1v) is 25.4. The van der Waals surface area contributed by atoms with Crippen molar-refractivity contribution >= 4 is 55.5 Å². The maximum Gasteiger partial charge on any atom is 0.0721 e. The van der Waals surface area contributed by atoms with Crippen molar-refractivity contribution in [1.82, 2.24) is 13.5 Å². The molecular weight excluding hydrogens is 873 g/mol. The molecule has 0 spiro atoms. The lowest BCUT2D eigenvalue weighted by molar-refractivity contribution is 0.590. The Morgan fingerprint density at radius 2 is 0.736 bits per heavy atom. The van der Waals surface area contributed by atoms with Crippen molar-refractivity contribution in [1.29, 1.82) is 0 Å². The van der Waals surface area contributed by atoms with Crippen LogP contribution in [0.2, 0.25) is 0 Å². The number of rotatable bonds is 7. The summed E-state index contributed by atoms with van der Waals surface area (Å²) in [6, 6.07) is 81.1. The zero-order valence-electron chi connectivity index (χ0n) is 43.2. The van der Waals surface area contributed by atoms with Gasteiger partial charge in [-0.15, -0.1) is 0 Å². The average molecular weight is 937 g/mol. The summed E-state index contributed by atoms with van der Waals surface area (Å²) in [7, 11) is 0. The van der Waals surface area contributed by atoms with Crippen LogP contribution in [0.4, 0.5) is 17.1 Å². The van der Waals surface area contributed by atoms with Crippen molar-refractivity contribution in [2.24, 2.45) is 0 Å². The van der Waals surface area contributed by atoms with Gasteiger partial charge in [-0.05, 0) is 152 Å². The summed E-state index contributed by atoms with van der Waals surface area (Å²) >= 11 is 0. The van der Waals surface area contributed by atoms with E-state index < -0.39 is 0 Å². The van der Waals surface area contributed by atoms with Gasteiger partial charge in [0.1, 0.15) is 0 Å². The Hall–Kier alpha value is -8.08. The lowest BCUT2D eigenvalue weighted by Gasteiger charge is -2.28. The van der Waals surface area contributed by atoms with Gasteiger partial charge < -0.3 is 18.4 Å². The molecule has 0 aliphatic heterocycles. The van der Waals surface area contributed by atoms with Gasteiger partial charge in [0.2, 0.25) is 0 Å². The highest BCUT2D eigenvalue weighted by atomic mass is 15.1. The third-order valence-electron chi connectivity index (χ3n) is 14.4. The Morgan fingerprint density at radius 1 is 0.306 bits per heavy atom. The van der Waals surface area contributed by atoms with E-state index in [1.54, 1.807) is 0 Å². The van der Waals surface area contributed by atoms with Crippen molar-refractivity contribution in [2.45, 2.75) is 78.6 Å². The smallest absolute Gasteiger partial charge is 0.0721 e. The van der Waals surface area contributed by atoms with Gasteiger partial charge >= 0.3 is 0 Å². The minimum Gasteiger partial charge on any atom is -0.314 e. The number of benzene rings is 9. The van der Waals surface area contributed by atoms with Crippen LogP contribution >= 0.6 is 0 Å². The highest BCUT2D eigenvalue weighted by molar-refractivity contribution is 6.01. The molecular formula is C68H64N4. The highest BCUT2D eigenvalue weighted by Crippen LogP contribution is 2.40. The van der Waals surface area contributed by atoms with E-state index in [1.807, 2.05) is 0 Å². The minimum atomic E-state index is 0.0120. The fraction of sp³-hybridized carbons (Fsp3) is 0.176. The topological polar surface area (TPSA) is 17.5 Å². The van der Waals surface area contributed by atoms with Crippen LogP contribution in [0.25, 0.3) is 72.1 Å². The summed E-state index contributed by atoms with van der Waals surface area (Å²) in [6.45, 7) is 20.5. The molecule has 0 unspecified atom stereocenters. The molecule has 6 bridgehead atoms. The second-order valence-corrected chi connectivity index (χ2v) is 22.5. The first kappa shape index (κ1) is 46.3. The maximum atomic E-state index is 2.45. The summed E-state index contributed by atoms with van der Waals surface area (Å²) in [5, 5.41) is 1.16. The largest absolute Gasteiger partial charge is 0.314 e. The van der Waals surface area contributed by atoms with E-state index in [1.165, 1.54) is 38.9 Å². The van der Waals surface area contributed by atoms with Crippen LogP contribution in [-0.4, -0.2) is 13.5 Å². The van der Waals surface area contributed by atoms with Crippen molar-refractivity contribution in [3.63, 3.8) is 0 Å². The quantitative estimate of drug-likeness (QED) is 0.156. The van der Waals surface area contributed by atoms with Gasteiger partial charge in [0, 0.05) is 50.9 Å². The second kappa shape index (κ2) is 18.0. The first-order chi connectivity index (χ1) is 34.6. The molecule has 0 radical (unpaired) electrons. The Kier molecular flexibility index (Phi) is 11.5. The number of aromatic nitrogens is 3. The summed E-state index contributed by atoms with van der Waals surface area (Å²) in [5.41, 5.74) is 20.5. The second-order valence-electron chi connectivity index (χ2n) is 22.5. The van der Waals surface area contributed by atoms with Crippen LogP contribution in [0.5, 0.6) is 0 Å². The number of fused-ring (bicyclic) bond motifs is 10. The van der Waals surface area contributed by atoms with Crippen molar-refractivity contribution in [2.75, 3.05) is 4.90 Å². The van der Waals surface area contributed by atoms with E-state index in [-0.39, 0.29) is 16.2 Å². The highest BCUT2D eigenvalue weighted by Gasteiger charge is 2.21. The third kappa shape index (κ3) is 8.87. The molecule has 0 N–H and O–H groups in total. The van der Waals surface area contributed by atoms with Crippen LogP contribution in [-0.2, 0) is 16.2 Å². The Morgan fingerprint density at radius 3 is 1.28 bits per heavy atom. The van der Waals surface area contributed by atoms with Crippen LogP contribution in [0.1, 0.15) is 79.0 Å². The third-order valence-corrected chi connectivity index (χ3v) is 14.4. The molecule has 11 rings (SSSR count). The Balaban J connectivity index is 1.29. The molecule has 0 amide bonds. The molecule has 356 valence electrons. The van der Waals surface area contributed by atoms with Gasteiger partial charge in [0.25, 0.3) is 0 Å². The van der Waals surface area contributed by atoms with E-state index in [0.717, 1.165) is 66.9 Å². The standard InChI is InChI=1S/C68H64N4/c1-66(2,3)51-26-34-55(35-27-51)70(56-36-28-52(29-37-56)67(4,5)6)61-43-60-44-62(45-61)71(54-32-23-49(24-33-54)47-17-12-10-13-18-47)58-21-16-22-59(42-58)72(57-38-30-53(31-39-57)68(7,8)9)65-46-69(60)64-40-25-50(41-63(64)65)48-19-14-11-15-20-48/h10-46H,1-9H3. The molecule has 0 atom stereocenters. The van der Waals surface area contributed by atoms with Gasteiger partial charge in [0.05, 0.1) is 22.2 Å². The molecule has 2 heterocycles. The molecule has 2 aromatic heterocycles. The lowest BCUT2D eigenvalue weighted by Crippen LogP contribution is -2.14. The summed E-state index contributed by atoms with van der Waals surface area (Å²) in [5.74, 6) is 0. The molecule has 0 saturated heterocycles. The van der Waals surface area contributed by atoms with E-state index in [9.17, 15) is 0 Å². The summed E-state index contributed by atoms with van der Waals surface area (Å²) < 4.78 is 7.30. The van der Waals surface area contributed by atoms with Gasteiger partial charge in [-0.2, -0.15) is 0 Å². The molecule has 9 aromatic carbocycles. The Bertz CT molecular complexity index is 3730. The molecule has 72 heavy (non-hydrogen) atoms. The van der Waals surface area contributed by atoms with Crippen molar-refractivity contribution < 1.29 is 0 Å². The van der Waals surface area contributed by atoms with Crippen molar-refractivity contribution in [3.05, 3.63) is 241 Å². The van der Waals surface area contributed by atoms with Crippen LogP contribution < -0.4 is 4.90 Å². The van der Waals surface area contributed by atoms with Gasteiger partial charge in [-0.25, -0.2) is 0 Å². The number of nitrogens with zero attached hydrogens (tertiary/aromatic N) is 4. The fourth-order valence-corrected chi connectivity index (χ4v) is 10.2. The zero-order chi connectivity index (χ0) is 49.9. The molecule has 4 heteroatoms. The van der Waals surface area contributed by atoms with Crippen molar-refractivity contribution in [3.8, 4) is 33.6 Å². The SMILES string of the molecule is CC(C)(C)c1ccc(N(c2ccc(C(C)(C)C)cc2)c2cc3cc(c2)n2cc(c4cc(-c5ccccc5)ccc42)n(-c2ccc(C(C)(C)C)cc2)c2cccc(c2)n3-c2ccc(-c3ccccc3)cc2)cc1. The monoisotopic (exact) mass is 937 g/mol. The molecule has 4 nitrogen and oxygen atoms in total. The molecule has 11 aromatic rings. The van der Waals surface area contributed by atoms with Crippen LogP contribution in [0, 0.1) is 0 Å². The molecule has 0 saturated carbocycles. The number of hydrogen-bond acceptors (Lipinski definition) is 1. The van der Waals surface area contributed by atoms with Crippen LogP contribution in [0.15, 0.2) is 225 Å². The minimum absolute atomic E-state index is 0.0120. The summed E-state index contributed by atoms with van der Waals surface area (Å²) in [4.78, 5) is 2.43. The summed E-state index contributed by atoms with van der Waals surface area (Å²) in [6.07, 6.45) is 2.36. The van der Waals surface area contributed by atoms with E-state index in [2.05, 4.69) is 305 Å². The molecule has 0 aliphatic rings. The first-order valence-electron chi connectivity index (χ1n) is 25.4. The lowest BCUT2D eigenvalue weighted by atomic mass is 9.86. The number of anilines is 3. The van der Waals surface area contributed by atoms with Gasteiger partial charge in [-0.1, -0.05) is 184 Å². The van der Waals surface area contributed by atoms with E-state index in [4.69, 9.17) is 0 Å². The van der Waals surface area contributed by atoms with Gasteiger partial charge in [-0.3, -0.25) is 0 Å². The normalized spacial score (nSPS) is 12.2. The predicted octanol–water partition coefficient (Wildman–Crippen LogP) is 18.8. The van der Waals surface area contributed by atoms with Gasteiger partial charge in [0.15, 0.2) is 0 Å². The molecule has 0 aliphatic carbocycles. The van der Waals surface area contributed by atoms with Crippen LogP contribution in [0.3, 0.4) is 0 Å². The predicted molar refractivity (Wildman–Crippen MR) is 308 cm³/mol. The average Bonchev–Trinajstić information content (AvgIpc) is 3.75. The maximum absolute atomic E-state index is 2.45. The molecule has 0 fully saturated rings.